The summed E-state index contributed by atoms with van der Waals surface area (Å²) in [5.41, 5.74) is -0.399. The van der Waals surface area contributed by atoms with Gasteiger partial charge in [-0.05, 0) is 36.5 Å². The van der Waals surface area contributed by atoms with Crippen LogP contribution in [0.3, 0.4) is 0 Å². The lowest BCUT2D eigenvalue weighted by molar-refractivity contribution is -0.140. The Hall–Kier alpha value is -2.18. The highest BCUT2D eigenvalue weighted by Crippen LogP contribution is 2.44. The van der Waals surface area contributed by atoms with E-state index in [1.54, 1.807) is 0 Å². The van der Waals surface area contributed by atoms with E-state index in [0.29, 0.717) is 5.56 Å². The third-order valence-electron chi connectivity index (χ3n) is 3.26. The van der Waals surface area contributed by atoms with Crippen LogP contribution in [0.15, 0.2) is 18.3 Å². The average Bonchev–Trinajstić information content (AvgIpc) is 3.19. The summed E-state index contributed by atoms with van der Waals surface area (Å²) in [6.07, 6.45) is -1.85. The van der Waals surface area contributed by atoms with Gasteiger partial charge in [0.15, 0.2) is 0 Å². The van der Waals surface area contributed by atoms with Crippen LogP contribution in [0.5, 0.6) is 0 Å². The van der Waals surface area contributed by atoms with E-state index in [2.05, 4.69) is 9.97 Å². The van der Waals surface area contributed by atoms with E-state index in [-0.39, 0.29) is 22.5 Å². The first-order valence-corrected chi connectivity index (χ1v) is 5.98. The Labute approximate surface area is 111 Å². The van der Waals surface area contributed by atoms with Crippen molar-refractivity contribution in [2.75, 3.05) is 0 Å². The molecule has 0 amide bonds. The van der Waals surface area contributed by atoms with Crippen molar-refractivity contribution in [3.8, 4) is 0 Å². The number of hydrogen-bond donors (Lipinski definition) is 1. The number of fused-ring (bicyclic) bond motifs is 1. The van der Waals surface area contributed by atoms with E-state index >= 15 is 0 Å². The summed E-state index contributed by atoms with van der Waals surface area (Å²) < 4.78 is 38.2. The van der Waals surface area contributed by atoms with E-state index in [4.69, 9.17) is 5.11 Å². The van der Waals surface area contributed by atoms with E-state index in [0.717, 1.165) is 18.9 Å². The summed E-state index contributed by atoms with van der Waals surface area (Å²) in [5.74, 6) is -1.23. The number of alkyl halides is 3. The van der Waals surface area contributed by atoms with Crippen LogP contribution in [0.4, 0.5) is 13.2 Å². The molecule has 1 N–H and O–H groups in total. The van der Waals surface area contributed by atoms with Gasteiger partial charge in [-0.15, -0.1) is 0 Å². The highest BCUT2D eigenvalue weighted by Gasteiger charge is 2.35. The number of aromatic carboxylic acids is 1. The van der Waals surface area contributed by atoms with E-state index in [9.17, 15) is 18.0 Å². The first kappa shape index (κ1) is 12.8. The summed E-state index contributed by atoms with van der Waals surface area (Å²) in [6.45, 7) is 0. The molecule has 0 bridgehead atoms. The molecule has 1 aliphatic carbocycles. The van der Waals surface area contributed by atoms with Crippen molar-refractivity contribution in [3.05, 3.63) is 35.2 Å². The van der Waals surface area contributed by atoms with Crippen LogP contribution in [0.1, 0.15) is 40.4 Å². The highest BCUT2D eigenvalue weighted by molar-refractivity contribution is 5.95. The van der Waals surface area contributed by atoms with Crippen LogP contribution in [0.2, 0.25) is 0 Å². The Morgan fingerprint density at radius 1 is 1.30 bits per heavy atom. The van der Waals surface area contributed by atoms with Gasteiger partial charge >= 0.3 is 12.1 Å². The van der Waals surface area contributed by atoms with Gasteiger partial charge in [-0.3, -0.25) is 4.98 Å². The number of carbonyl (C=O) groups is 1. The number of carboxylic acid groups (broad SMARTS) is 1. The fraction of sp³-hybridized carbons (Fsp3) is 0.308. The maximum Gasteiger partial charge on any atom is 0.433 e. The molecule has 0 atom stereocenters. The number of halogens is 3. The van der Waals surface area contributed by atoms with Gasteiger partial charge in [0.05, 0.1) is 16.6 Å². The van der Waals surface area contributed by atoms with Crippen LogP contribution in [0, 0.1) is 0 Å². The molecule has 1 fully saturated rings. The fourth-order valence-corrected chi connectivity index (χ4v) is 2.20. The van der Waals surface area contributed by atoms with Crippen molar-refractivity contribution >= 4 is 17.0 Å². The van der Waals surface area contributed by atoms with Gasteiger partial charge in [0.25, 0.3) is 0 Å². The van der Waals surface area contributed by atoms with Gasteiger partial charge in [-0.2, -0.15) is 13.2 Å². The highest BCUT2D eigenvalue weighted by atomic mass is 19.4. The quantitative estimate of drug-likeness (QED) is 0.918. The van der Waals surface area contributed by atoms with Gasteiger partial charge in [-0.1, -0.05) is 0 Å². The second-order valence-electron chi connectivity index (χ2n) is 4.73. The summed E-state index contributed by atoms with van der Waals surface area (Å²) in [7, 11) is 0. The minimum absolute atomic E-state index is 0.0393. The van der Waals surface area contributed by atoms with Gasteiger partial charge in [0, 0.05) is 6.20 Å². The van der Waals surface area contributed by atoms with Crippen LogP contribution < -0.4 is 0 Å². The lowest BCUT2D eigenvalue weighted by atomic mass is 10.0. The fourth-order valence-electron chi connectivity index (χ4n) is 2.20. The van der Waals surface area contributed by atoms with Gasteiger partial charge in [0.2, 0.25) is 0 Å². The van der Waals surface area contributed by atoms with Gasteiger partial charge in [0.1, 0.15) is 5.69 Å². The number of pyridine rings is 2. The summed E-state index contributed by atoms with van der Waals surface area (Å²) in [6, 6.07) is 2.08. The average molecular weight is 282 g/mol. The van der Waals surface area contributed by atoms with Crippen LogP contribution in [0.25, 0.3) is 11.0 Å². The summed E-state index contributed by atoms with van der Waals surface area (Å²) >= 11 is 0. The predicted octanol–water partition coefficient (Wildman–Crippen LogP) is 3.22. The van der Waals surface area contributed by atoms with E-state index < -0.39 is 17.8 Å². The van der Waals surface area contributed by atoms with Crippen molar-refractivity contribution in [2.24, 2.45) is 0 Å². The van der Waals surface area contributed by atoms with Crippen LogP contribution in [-0.4, -0.2) is 21.0 Å². The van der Waals surface area contributed by atoms with Gasteiger partial charge < -0.3 is 5.11 Å². The van der Waals surface area contributed by atoms with Crippen molar-refractivity contribution < 1.29 is 23.1 Å². The van der Waals surface area contributed by atoms with E-state index in [1.165, 1.54) is 12.3 Å². The van der Waals surface area contributed by atoms with Crippen molar-refractivity contribution in [3.63, 3.8) is 0 Å². The SMILES string of the molecule is O=C(O)c1cnc2ccc(C(F)(F)F)nc2c1C1CC1. The Balaban J connectivity index is 2.30. The van der Waals surface area contributed by atoms with Crippen LogP contribution in [-0.2, 0) is 6.18 Å². The zero-order chi connectivity index (χ0) is 14.5. The molecule has 7 heteroatoms. The van der Waals surface area contributed by atoms with Crippen molar-refractivity contribution in [1.29, 1.82) is 0 Å². The number of rotatable bonds is 2. The monoisotopic (exact) mass is 282 g/mol. The molecule has 0 saturated heterocycles. The topological polar surface area (TPSA) is 63.1 Å². The number of hydrogen-bond acceptors (Lipinski definition) is 3. The molecule has 20 heavy (non-hydrogen) atoms. The third-order valence-corrected chi connectivity index (χ3v) is 3.26. The summed E-state index contributed by atoms with van der Waals surface area (Å²) in [5, 5.41) is 9.14. The second-order valence-corrected chi connectivity index (χ2v) is 4.73. The standard InChI is InChI=1S/C13H9F3N2O2/c14-13(15,16)9-4-3-8-11(18-9)10(6-1-2-6)7(5-17-8)12(19)20/h3-6H,1-2H2,(H,19,20). The minimum Gasteiger partial charge on any atom is -0.478 e. The molecular weight excluding hydrogens is 273 g/mol. The maximum atomic E-state index is 12.7. The Morgan fingerprint density at radius 2 is 2.00 bits per heavy atom. The largest absolute Gasteiger partial charge is 0.478 e. The second kappa shape index (κ2) is 4.16. The smallest absolute Gasteiger partial charge is 0.433 e. The number of nitrogens with zero attached hydrogens (tertiary/aromatic N) is 2. The Bertz CT molecular complexity index is 709. The first-order chi connectivity index (χ1) is 9.38. The van der Waals surface area contributed by atoms with Crippen LogP contribution >= 0.6 is 0 Å². The molecule has 0 radical (unpaired) electrons. The molecule has 2 heterocycles. The molecule has 1 saturated carbocycles. The van der Waals surface area contributed by atoms with Crippen molar-refractivity contribution in [1.82, 2.24) is 9.97 Å². The molecule has 4 nitrogen and oxygen atoms in total. The first-order valence-electron chi connectivity index (χ1n) is 5.98. The molecule has 1 aliphatic rings. The third kappa shape index (κ3) is 2.09. The zero-order valence-electron chi connectivity index (χ0n) is 10.1. The Morgan fingerprint density at radius 3 is 2.55 bits per heavy atom. The molecule has 0 spiro atoms. The molecule has 2 aromatic heterocycles. The normalized spacial score (nSPS) is 15.6. The lowest BCUT2D eigenvalue weighted by Crippen LogP contribution is -2.10. The van der Waals surface area contributed by atoms with Crippen molar-refractivity contribution in [2.45, 2.75) is 24.9 Å². The zero-order valence-corrected chi connectivity index (χ0v) is 10.1. The summed E-state index contributed by atoms with van der Waals surface area (Å²) in [4.78, 5) is 18.7. The predicted molar refractivity (Wildman–Crippen MR) is 63.5 cm³/mol. The minimum atomic E-state index is -4.56. The molecule has 0 unspecified atom stereocenters. The molecule has 104 valence electrons. The lowest BCUT2D eigenvalue weighted by Gasteiger charge is -2.11. The Kier molecular flexibility index (Phi) is 2.67. The number of aromatic nitrogens is 2. The molecule has 3 rings (SSSR count). The molecule has 0 aliphatic heterocycles. The maximum absolute atomic E-state index is 12.7. The van der Waals surface area contributed by atoms with Gasteiger partial charge in [-0.25, -0.2) is 9.78 Å². The molecule has 0 aromatic carbocycles. The molecule has 2 aromatic rings. The van der Waals surface area contributed by atoms with E-state index in [1.807, 2.05) is 0 Å². The molecular formula is C13H9F3N2O2. The number of carboxylic acids is 1.